The molecule has 3 rings (SSSR count). The summed E-state index contributed by atoms with van der Waals surface area (Å²) in [4.78, 5) is 0. The van der Waals surface area contributed by atoms with Crippen molar-refractivity contribution in [3.8, 4) is 5.75 Å². The van der Waals surface area contributed by atoms with Crippen molar-refractivity contribution in [1.29, 1.82) is 0 Å². The van der Waals surface area contributed by atoms with Gasteiger partial charge in [-0.1, -0.05) is 41.7 Å². The molecule has 0 spiro atoms. The summed E-state index contributed by atoms with van der Waals surface area (Å²) in [7, 11) is 1.70. The summed E-state index contributed by atoms with van der Waals surface area (Å²) in [6, 6.07) is 12.3. The van der Waals surface area contributed by atoms with Gasteiger partial charge in [0.2, 0.25) is 5.13 Å². The highest BCUT2D eigenvalue weighted by Crippen LogP contribution is 2.28. The van der Waals surface area contributed by atoms with Crippen LogP contribution in [-0.2, 0) is 6.54 Å². The van der Waals surface area contributed by atoms with E-state index in [0.29, 0.717) is 0 Å². The van der Waals surface area contributed by atoms with Crippen LogP contribution in [0.15, 0.2) is 41.9 Å². The fourth-order valence-electron chi connectivity index (χ4n) is 2.09. The Morgan fingerprint density at radius 2 is 2.00 bits per heavy atom. The smallest absolute Gasteiger partial charge is 0.205 e. The first-order chi connectivity index (χ1) is 9.38. The normalized spacial score (nSPS) is 10.6. The third-order valence-electron chi connectivity index (χ3n) is 2.98. The predicted molar refractivity (Wildman–Crippen MR) is 77.7 cm³/mol. The number of aromatic nitrogens is 2. The average molecular weight is 271 g/mol. The van der Waals surface area contributed by atoms with E-state index >= 15 is 0 Å². The van der Waals surface area contributed by atoms with Gasteiger partial charge in [0.15, 0.2) is 0 Å². The van der Waals surface area contributed by atoms with Crippen LogP contribution in [0.3, 0.4) is 0 Å². The van der Waals surface area contributed by atoms with Gasteiger partial charge in [0.1, 0.15) is 11.3 Å². The Hall–Kier alpha value is -2.14. The Morgan fingerprint density at radius 3 is 2.74 bits per heavy atom. The number of rotatable bonds is 4. The Bertz CT molecular complexity index is 682. The van der Waals surface area contributed by atoms with E-state index in [-0.39, 0.29) is 0 Å². The summed E-state index contributed by atoms with van der Waals surface area (Å²) in [5.41, 5.74) is 2.93. The molecule has 0 radical (unpaired) electrons. The van der Waals surface area contributed by atoms with Crippen LogP contribution in [0.4, 0.5) is 5.13 Å². The van der Waals surface area contributed by atoms with Gasteiger partial charge in [0.25, 0.3) is 0 Å². The van der Waals surface area contributed by atoms with E-state index in [4.69, 9.17) is 4.74 Å². The second kappa shape index (κ2) is 5.24. The largest absolute Gasteiger partial charge is 0.496 e. The zero-order valence-electron chi connectivity index (χ0n) is 10.5. The van der Waals surface area contributed by atoms with E-state index in [1.165, 1.54) is 22.3 Å². The molecule has 0 fully saturated rings. The molecule has 3 aromatic rings. The number of hydrogen-bond donors (Lipinski definition) is 1. The molecule has 0 aliphatic carbocycles. The first-order valence-electron chi connectivity index (χ1n) is 5.93. The average Bonchev–Trinajstić information content (AvgIpc) is 2.98. The van der Waals surface area contributed by atoms with Gasteiger partial charge in [-0.2, -0.15) is 0 Å². The predicted octanol–water partition coefficient (Wildman–Crippen LogP) is 3.31. The molecule has 1 aromatic heterocycles. The minimum absolute atomic E-state index is 0.722. The highest BCUT2D eigenvalue weighted by molar-refractivity contribution is 7.13. The topological polar surface area (TPSA) is 47.0 Å². The first kappa shape index (κ1) is 11.9. The second-order valence-electron chi connectivity index (χ2n) is 4.07. The zero-order valence-corrected chi connectivity index (χ0v) is 11.3. The summed E-state index contributed by atoms with van der Waals surface area (Å²) >= 11 is 1.50. The van der Waals surface area contributed by atoms with Crippen LogP contribution in [0.2, 0.25) is 0 Å². The number of methoxy groups -OCH3 is 1. The summed E-state index contributed by atoms with van der Waals surface area (Å²) in [5, 5.41) is 14.2. The maximum atomic E-state index is 5.39. The Kier molecular flexibility index (Phi) is 3.29. The number of benzene rings is 2. The molecule has 0 bridgehead atoms. The van der Waals surface area contributed by atoms with E-state index in [0.717, 1.165) is 22.8 Å². The van der Waals surface area contributed by atoms with Gasteiger partial charge >= 0.3 is 0 Å². The van der Waals surface area contributed by atoms with Crippen LogP contribution in [-0.4, -0.2) is 17.3 Å². The molecule has 0 amide bonds. The standard InChI is InChI=1S/C14H13N3OS/c1-18-13-7-6-10(8-15-14-17-16-9-19-14)11-4-2-3-5-12(11)13/h2-7,9H,8H2,1H3,(H,15,17). The van der Waals surface area contributed by atoms with Crippen molar-refractivity contribution in [1.82, 2.24) is 10.2 Å². The lowest BCUT2D eigenvalue weighted by atomic mass is 10.0. The van der Waals surface area contributed by atoms with Crippen LogP contribution >= 0.6 is 11.3 Å². The van der Waals surface area contributed by atoms with Gasteiger partial charge in [-0.15, -0.1) is 10.2 Å². The molecule has 96 valence electrons. The molecule has 0 saturated carbocycles. The third-order valence-corrected chi connectivity index (χ3v) is 3.63. The fourth-order valence-corrected chi connectivity index (χ4v) is 2.53. The van der Waals surface area contributed by atoms with Gasteiger partial charge in [-0.3, -0.25) is 0 Å². The lowest BCUT2D eigenvalue weighted by molar-refractivity contribution is 0.419. The quantitative estimate of drug-likeness (QED) is 0.790. The zero-order chi connectivity index (χ0) is 13.1. The highest BCUT2D eigenvalue weighted by atomic mass is 32.1. The Morgan fingerprint density at radius 1 is 1.16 bits per heavy atom. The second-order valence-corrected chi connectivity index (χ2v) is 4.90. The first-order valence-corrected chi connectivity index (χ1v) is 6.81. The van der Waals surface area contributed by atoms with Gasteiger partial charge in [0.05, 0.1) is 7.11 Å². The van der Waals surface area contributed by atoms with Crippen molar-refractivity contribution in [3.05, 3.63) is 47.5 Å². The molecule has 0 unspecified atom stereocenters. The summed E-state index contributed by atoms with van der Waals surface area (Å²) in [5.74, 6) is 0.898. The van der Waals surface area contributed by atoms with E-state index in [2.05, 4.69) is 33.7 Å². The van der Waals surface area contributed by atoms with Gasteiger partial charge < -0.3 is 10.1 Å². The molecule has 1 heterocycles. The number of fused-ring (bicyclic) bond motifs is 1. The van der Waals surface area contributed by atoms with Crippen molar-refractivity contribution in [3.63, 3.8) is 0 Å². The lowest BCUT2D eigenvalue weighted by Crippen LogP contribution is -2.00. The minimum atomic E-state index is 0.722. The molecule has 0 saturated heterocycles. The van der Waals surface area contributed by atoms with Crippen LogP contribution in [0, 0.1) is 0 Å². The van der Waals surface area contributed by atoms with Gasteiger partial charge in [-0.25, -0.2) is 0 Å². The Labute approximate surface area is 115 Å². The van der Waals surface area contributed by atoms with Crippen molar-refractivity contribution < 1.29 is 4.74 Å². The van der Waals surface area contributed by atoms with Crippen molar-refractivity contribution >= 4 is 27.2 Å². The number of anilines is 1. The summed E-state index contributed by atoms with van der Waals surface area (Å²) < 4.78 is 5.39. The molecule has 1 N–H and O–H groups in total. The van der Waals surface area contributed by atoms with Crippen molar-refractivity contribution in [2.75, 3.05) is 12.4 Å². The molecule has 2 aromatic carbocycles. The summed E-state index contributed by atoms with van der Waals surface area (Å²) in [6.07, 6.45) is 0. The van der Waals surface area contributed by atoms with Crippen molar-refractivity contribution in [2.45, 2.75) is 6.54 Å². The van der Waals surface area contributed by atoms with Crippen LogP contribution < -0.4 is 10.1 Å². The number of ether oxygens (including phenoxy) is 1. The number of hydrogen-bond acceptors (Lipinski definition) is 5. The Balaban J connectivity index is 1.95. The van der Waals surface area contributed by atoms with E-state index < -0.39 is 0 Å². The summed E-state index contributed by atoms with van der Waals surface area (Å²) in [6.45, 7) is 0.722. The number of nitrogens with one attached hydrogen (secondary N) is 1. The monoisotopic (exact) mass is 271 g/mol. The minimum Gasteiger partial charge on any atom is -0.496 e. The van der Waals surface area contributed by atoms with Crippen LogP contribution in [0.25, 0.3) is 10.8 Å². The molecule has 5 heteroatoms. The highest BCUT2D eigenvalue weighted by Gasteiger charge is 2.06. The van der Waals surface area contributed by atoms with Crippen LogP contribution in [0.1, 0.15) is 5.56 Å². The van der Waals surface area contributed by atoms with E-state index in [1.807, 2.05) is 18.2 Å². The van der Waals surface area contributed by atoms with E-state index in [9.17, 15) is 0 Å². The lowest BCUT2D eigenvalue weighted by Gasteiger charge is -2.10. The SMILES string of the molecule is COc1ccc(CNc2nncs2)c2ccccc12. The molecular weight excluding hydrogens is 258 g/mol. The molecule has 0 atom stereocenters. The number of nitrogens with zero attached hydrogens (tertiary/aromatic N) is 2. The molecular formula is C14H13N3OS. The van der Waals surface area contributed by atoms with Gasteiger partial charge in [0, 0.05) is 11.9 Å². The third kappa shape index (κ3) is 2.37. The van der Waals surface area contributed by atoms with Crippen molar-refractivity contribution in [2.24, 2.45) is 0 Å². The molecule has 0 aliphatic heterocycles. The van der Waals surface area contributed by atoms with Gasteiger partial charge in [-0.05, 0) is 17.0 Å². The van der Waals surface area contributed by atoms with Crippen LogP contribution in [0.5, 0.6) is 5.75 Å². The molecule has 4 nitrogen and oxygen atoms in total. The maximum absolute atomic E-state index is 5.39. The fraction of sp³-hybridized carbons (Fsp3) is 0.143. The molecule has 19 heavy (non-hydrogen) atoms. The van der Waals surface area contributed by atoms with E-state index in [1.54, 1.807) is 12.6 Å². The maximum Gasteiger partial charge on any atom is 0.205 e. The molecule has 0 aliphatic rings.